The monoisotopic (exact) mass is 427 g/mol. The largest absolute Gasteiger partial charge is 0.493 e. The van der Waals surface area contributed by atoms with Gasteiger partial charge in [-0.3, -0.25) is 4.98 Å². The van der Waals surface area contributed by atoms with Crippen LogP contribution in [0.2, 0.25) is 0 Å². The number of nitrogens with zero attached hydrogens (tertiary/aromatic N) is 5. The number of fused-ring (bicyclic) bond motifs is 1. The highest BCUT2D eigenvalue weighted by Gasteiger charge is 2.32. The second-order valence-electron chi connectivity index (χ2n) is 7.55. The van der Waals surface area contributed by atoms with E-state index in [1.165, 1.54) is 0 Å². The lowest BCUT2D eigenvalue weighted by molar-refractivity contribution is 0.247. The summed E-state index contributed by atoms with van der Waals surface area (Å²) < 4.78 is 38.8. The first kappa shape index (κ1) is 19.1. The molecule has 5 rings (SSSR count). The Balaban J connectivity index is 1.30. The van der Waals surface area contributed by atoms with Crippen molar-refractivity contribution in [2.24, 2.45) is 5.92 Å². The van der Waals surface area contributed by atoms with E-state index in [-0.39, 0.29) is 5.92 Å². The first-order chi connectivity index (χ1) is 14.6. The van der Waals surface area contributed by atoms with Gasteiger partial charge in [-0.2, -0.15) is 9.29 Å². The SMILES string of the molecule is O=S(=O)(c1ccc2c(c1)CCO2)N1CCC[C@@H](Cc2nc(-c3cnccn3)no2)C1. The van der Waals surface area contributed by atoms with E-state index in [2.05, 4.69) is 20.1 Å². The van der Waals surface area contributed by atoms with Crippen molar-refractivity contribution in [2.45, 2.75) is 30.6 Å². The molecule has 2 aromatic heterocycles. The molecule has 0 saturated carbocycles. The van der Waals surface area contributed by atoms with Crippen molar-refractivity contribution in [1.29, 1.82) is 0 Å². The molecule has 156 valence electrons. The molecule has 2 aliphatic rings. The van der Waals surface area contributed by atoms with Crippen LogP contribution in [0.5, 0.6) is 5.75 Å². The normalized spacial score (nSPS) is 19.4. The number of sulfonamides is 1. The molecule has 1 aromatic carbocycles. The summed E-state index contributed by atoms with van der Waals surface area (Å²) in [5.41, 5.74) is 1.49. The molecule has 2 aliphatic heterocycles. The van der Waals surface area contributed by atoms with Crippen molar-refractivity contribution in [3.05, 3.63) is 48.2 Å². The quantitative estimate of drug-likeness (QED) is 0.609. The molecule has 30 heavy (non-hydrogen) atoms. The minimum Gasteiger partial charge on any atom is -0.493 e. The fourth-order valence-corrected chi connectivity index (χ4v) is 5.59. The van der Waals surface area contributed by atoms with Crippen molar-refractivity contribution in [3.63, 3.8) is 0 Å². The first-order valence-corrected chi connectivity index (χ1v) is 11.4. The Labute approximate surface area is 174 Å². The molecule has 0 radical (unpaired) electrons. The van der Waals surface area contributed by atoms with E-state index in [0.29, 0.717) is 48.4 Å². The average molecular weight is 427 g/mol. The molecule has 1 atom stereocenters. The number of piperidine rings is 1. The molecule has 0 spiro atoms. The minimum absolute atomic E-state index is 0.112. The highest BCUT2D eigenvalue weighted by Crippen LogP contribution is 2.31. The summed E-state index contributed by atoms with van der Waals surface area (Å²) in [7, 11) is -3.55. The first-order valence-electron chi connectivity index (χ1n) is 9.94. The Bertz CT molecular complexity index is 1150. The fourth-order valence-electron chi connectivity index (χ4n) is 3.99. The van der Waals surface area contributed by atoms with Crippen LogP contribution in [-0.4, -0.2) is 52.5 Å². The van der Waals surface area contributed by atoms with Crippen LogP contribution in [0.1, 0.15) is 24.3 Å². The second-order valence-corrected chi connectivity index (χ2v) is 9.48. The maximum atomic E-state index is 13.2. The van der Waals surface area contributed by atoms with E-state index in [9.17, 15) is 8.42 Å². The predicted octanol–water partition coefficient (Wildman–Crippen LogP) is 2.10. The summed E-state index contributed by atoms with van der Waals surface area (Å²) in [6.45, 7) is 1.55. The Morgan fingerprint density at radius 3 is 3.03 bits per heavy atom. The van der Waals surface area contributed by atoms with Crippen molar-refractivity contribution in [2.75, 3.05) is 19.7 Å². The zero-order chi connectivity index (χ0) is 20.6. The van der Waals surface area contributed by atoms with Gasteiger partial charge >= 0.3 is 0 Å². The third-order valence-corrected chi connectivity index (χ3v) is 7.37. The molecule has 10 heteroatoms. The van der Waals surface area contributed by atoms with E-state index >= 15 is 0 Å². The summed E-state index contributed by atoms with van der Waals surface area (Å²) in [5, 5.41) is 3.97. The standard InChI is InChI=1S/C20H21N5O4S/c26-30(27,16-3-4-18-15(11-16)5-9-28-18)25-8-1-2-14(13-25)10-19-23-20(24-29-19)17-12-21-6-7-22-17/h3-4,6-7,11-12,14H,1-2,5,8-10,13H2/t14-/m0/s1. The van der Waals surface area contributed by atoms with Crippen LogP contribution < -0.4 is 4.74 Å². The van der Waals surface area contributed by atoms with Crippen molar-refractivity contribution in [3.8, 4) is 17.3 Å². The smallest absolute Gasteiger partial charge is 0.243 e. The Morgan fingerprint density at radius 2 is 2.17 bits per heavy atom. The predicted molar refractivity (Wildman–Crippen MR) is 106 cm³/mol. The molecular weight excluding hydrogens is 406 g/mol. The summed E-state index contributed by atoms with van der Waals surface area (Å²) in [6.07, 6.45) is 7.70. The van der Waals surface area contributed by atoms with Crippen molar-refractivity contribution < 1.29 is 17.7 Å². The van der Waals surface area contributed by atoms with Crippen LogP contribution in [0, 0.1) is 5.92 Å². The molecule has 9 nitrogen and oxygen atoms in total. The Hall–Kier alpha value is -2.85. The van der Waals surface area contributed by atoms with Crippen LogP contribution in [0.25, 0.3) is 11.5 Å². The summed E-state index contributed by atoms with van der Waals surface area (Å²) >= 11 is 0. The highest BCUT2D eigenvalue weighted by molar-refractivity contribution is 7.89. The van der Waals surface area contributed by atoms with Gasteiger partial charge in [0, 0.05) is 38.3 Å². The van der Waals surface area contributed by atoms with Gasteiger partial charge in [-0.05, 0) is 42.5 Å². The molecule has 0 bridgehead atoms. The molecule has 0 unspecified atom stereocenters. The van der Waals surface area contributed by atoms with Gasteiger partial charge in [0.15, 0.2) is 0 Å². The maximum Gasteiger partial charge on any atom is 0.243 e. The third-order valence-electron chi connectivity index (χ3n) is 5.50. The van der Waals surface area contributed by atoms with Gasteiger partial charge in [0.05, 0.1) is 17.7 Å². The molecule has 0 N–H and O–H groups in total. The van der Waals surface area contributed by atoms with Gasteiger partial charge in [0.1, 0.15) is 11.4 Å². The number of hydrogen-bond acceptors (Lipinski definition) is 8. The number of benzene rings is 1. The minimum atomic E-state index is -3.55. The van der Waals surface area contributed by atoms with E-state index in [1.807, 2.05) is 0 Å². The molecular formula is C20H21N5O4S. The molecule has 0 amide bonds. The summed E-state index contributed by atoms with van der Waals surface area (Å²) in [4.78, 5) is 12.9. The molecule has 1 saturated heterocycles. The van der Waals surface area contributed by atoms with Crippen LogP contribution in [-0.2, 0) is 22.9 Å². The lowest BCUT2D eigenvalue weighted by Gasteiger charge is -2.31. The number of rotatable bonds is 5. The van der Waals surface area contributed by atoms with E-state index in [1.54, 1.807) is 41.1 Å². The lowest BCUT2D eigenvalue weighted by Crippen LogP contribution is -2.40. The van der Waals surface area contributed by atoms with Gasteiger partial charge in [0.25, 0.3) is 0 Å². The van der Waals surface area contributed by atoms with Gasteiger partial charge in [-0.15, -0.1) is 0 Å². The Kier molecular flexibility index (Phi) is 4.95. The number of aromatic nitrogens is 4. The topological polar surface area (TPSA) is 111 Å². The van der Waals surface area contributed by atoms with E-state index < -0.39 is 10.0 Å². The van der Waals surface area contributed by atoms with Crippen molar-refractivity contribution >= 4 is 10.0 Å². The highest BCUT2D eigenvalue weighted by atomic mass is 32.2. The van der Waals surface area contributed by atoms with Gasteiger partial charge in [0.2, 0.25) is 21.7 Å². The van der Waals surface area contributed by atoms with Crippen LogP contribution in [0.4, 0.5) is 0 Å². The van der Waals surface area contributed by atoms with Crippen molar-refractivity contribution in [1.82, 2.24) is 24.4 Å². The molecule has 3 aromatic rings. The summed E-state index contributed by atoms with van der Waals surface area (Å²) in [5.74, 6) is 1.76. The number of hydrogen-bond donors (Lipinski definition) is 0. The van der Waals surface area contributed by atoms with Crippen LogP contribution >= 0.6 is 0 Å². The number of ether oxygens (including phenoxy) is 1. The maximum absolute atomic E-state index is 13.2. The van der Waals surface area contributed by atoms with Gasteiger partial charge in [-0.1, -0.05) is 5.16 Å². The van der Waals surface area contributed by atoms with Crippen LogP contribution in [0.15, 0.2) is 46.2 Å². The van der Waals surface area contributed by atoms with E-state index in [0.717, 1.165) is 30.6 Å². The van der Waals surface area contributed by atoms with E-state index in [4.69, 9.17) is 9.26 Å². The lowest BCUT2D eigenvalue weighted by atomic mass is 9.96. The average Bonchev–Trinajstić information content (AvgIpc) is 3.43. The third kappa shape index (κ3) is 3.68. The molecule has 4 heterocycles. The van der Waals surface area contributed by atoms with Gasteiger partial charge < -0.3 is 9.26 Å². The zero-order valence-electron chi connectivity index (χ0n) is 16.3. The van der Waals surface area contributed by atoms with Crippen LogP contribution in [0.3, 0.4) is 0 Å². The fraction of sp³-hybridized carbons (Fsp3) is 0.400. The Morgan fingerprint density at radius 1 is 1.23 bits per heavy atom. The van der Waals surface area contributed by atoms with Gasteiger partial charge in [-0.25, -0.2) is 13.4 Å². The molecule has 1 fully saturated rings. The second kappa shape index (κ2) is 7.77. The molecule has 0 aliphatic carbocycles. The summed E-state index contributed by atoms with van der Waals surface area (Å²) in [6, 6.07) is 5.13. The zero-order valence-corrected chi connectivity index (χ0v) is 17.1.